The Hall–Kier alpha value is -2.08. The average Bonchev–Trinajstić information content (AvgIpc) is 2.88. The van der Waals surface area contributed by atoms with Crippen LogP contribution in [0.4, 0.5) is 13.2 Å². The molecule has 3 rings (SSSR count). The van der Waals surface area contributed by atoms with E-state index in [0.29, 0.717) is 5.56 Å². The fraction of sp³-hybridized carbons (Fsp3) is 0.143. The van der Waals surface area contributed by atoms with Crippen molar-refractivity contribution in [1.29, 1.82) is 0 Å². The molecule has 0 fully saturated rings. The summed E-state index contributed by atoms with van der Waals surface area (Å²) in [6.07, 6.45) is -2.66. The summed E-state index contributed by atoms with van der Waals surface area (Å²) in [6.45, 7) is 0.132. The Labute approximate surface area is 123 Å². The van der Waals surface area contributed by atoms with Crippen LogP contribution in [0.25, 0.3) is 10.9 Å². The molecule has 108 valence electrons. The summed E-state index contributed by atoms with van der Waals surface area (Å²) in [5.41, 5.74) is 0.572. The van der Waals surface area contributed by atoms with E-state index in [9.17, 15) is 13.2 Å². The first-order valence-electron chi connectivity index (χ1n) is 6.07. The van der Waals surface area contributed by atoms with Crippen LogP contribution in [0, 0.1) is 0 Å². The number of nitrogens with zero attached hydrogens (tertiary/aromatic N) is 3. The molecule has 1 aromatic carbocycles. The lowest BCUT2D eigenvalue weighted by Crippen LogP contribution is -2.04. The molecule has 2 aromatic heterocycles. The molecule has 0 aliphatic rings. The molecule has 0 atom stereocenters. The second-order valence-electron chi connectivity index (χ2n) is 4.56. The highest BCUT2D eigenvalue weighted by molar-refractivity contribution is 6.30. The fourth-order valence-electron chi connectivity index (χ4n) is 2.02. The highest BCUT2D eigenvalue weighted by atomic mass is 35.5. The van der Waals surface area contributed by atoms with Crippen molar-refractivity contribution < 1.29 is 13.2 Å². The zero-order chi connectivity index (χ0) is 15.0. The van der Waals surface area contributed by atoms with Crippen LogP contribution >= 0.6 is 11.6 Å². The number of alkyl halides is 3. The molecule has 2 heterocycles. The number of aromatic nitrogens is 3. The van der Waals surface area contributed by atoms with E-state index >= 15 is 0 Å². The van der Waals surface area contributed by atoms with Gasteiger partial charge in [0.25, 0.3) is 0 Å². The van der Waals surface area contributed by atoms with Gasteiger partial charge in [-0.25, -0.2) is 4.98 Å². The van der Waals surface area contributed by atoms with E-state index in [-0.39, 0.29) is 11.7 Å². The summed E-state index contributed by atoms with van der Waals surface area (Å²) < 4.78 is 38.8. The maximum atomic E-state index is 12.5. The lowest BCUT2D eigenvalue weighted by Gasteiger charge is -2.06. The number of hydrogen-bond acceptors (Lipinski definition) is 2. The van der Waals surface area contributed by atoms with Gasteiger partial charge in [-0.3, -0.25) is 4.68 Å². The first-order valence-corrected chi connectivity index (χ1v) is 6.45. The summed E-state index contributed by atoms with van der Waals surface area (Å²) in [7, 11) is 0. The topological polar surface area (TPSA) is 30.7 Å². The number of pyridine rings is 1. The van der Waals surface area contributed by atoms with Crippen LogP contribution in [-0.2, 0) is 12.7 Å². The van der Waals surface area contributed by atoms with Crippen molar-refractivity contribution in [3.05, 3.63) is 59.0 Å². The zero-order valence-electron chi connectivity index (χ0n) is 10.6. The van der Waals surface area contributed by atoms with E-state index in [4.69, 9.17) is 11.6 Å². The summed E-state index contributed by atoms with van der Waals surface area (Å²) in [5.74, 6) is 0. The van der Waals surface area contributed by atoms with Gasteiger partial charge in [-0.05, 0) is 12.1 Å². The van der Waals surface area contributed by atoms with Gasteiger partial charge >= 0.3 is 6.18 Å². The lowest BCUT2D eigenvalue weighted by atomic mass is 10.1. The Morgan fingerprint density at radius 3 is 2.67 bits per heavy atom. The number of para-hydroxylation sites is 1. The largest absolute Gasteiger partial charge is 0.419 e. The normalized spacial score (nSPS) is 12.0. The van der Waals surface area contributed by atoms with E-state index in [1.165, 1.54) is 4.68 Å². The smallest absolute Gasteiger partial charge is 0.268 e. The van der Waals surface area contributed by atoms with Gasteiger partial charge < -0.3 is 0 Å². The Kier molecular flexibility index (Phi) is 3.33. The van der Waals surface area contributed by atoms with Crippen LogP contribution in [0.3, 0.4) is 0 Å². The molecule has 0 saturated heterocycles. The van der Waals surface area contributed by atoms with Crippen LogP contribution in [0.1, 0.15) is 11.1 Å². The molecule has 0 spiro atoms. The van der Waals surface area contributed by atoms with Crippen LogP contribution in [0.2, 0.25) is 5.15 Å². The van der Waals surface area contributed by atoms with Crippen LogP contribution in [0.5, 0.6) is 0 Å². The third-order valence-corrected chi connectivity index (χ3v) is 3.37. The van der Waals surface area contributed by atoms with Crippen molar-refractivity contribution in [2.45, 2.75) is 12.7 Å². The maximum absolute atomic E-state index is 12.5. The van der Waals surface area contributed by atoms with Gasteiger partial charge in [-0.2, -0.15) is 18.3 Å². The first kappa shape index (κ1) is 13.9. The Morgan fingerprint density at radius 1 is 1.19 bits per heavy atom. The van der Waals surface area contributed by atoms with Crippen LogP contribution in [0.15, 0.2) is 42.7 Å². The van der Waals surface area contributed by atoms with Crippen molar-refractivity contribution in [3.63, 3.8) is 0 Å². The third-order valence-electron chi connectivity index (χ3n) is 3.04. The minimum atomic E-state index is -4.40. The molecule has 3 nitrogen and oxygen atoms in total. The predicted molar refractivity (Wildman–Crippen MR) is 73.1 cm³/mol. The predicted octanol–water partition coefficient (Wildman–Crippen LogP) is 4.15. The van der Waals surface area contributed by atoms with Gasteiger partial charge in [-0.15, -0.1) is 0 Å². The highest BCUT2D eigenvalue weighted by Crippen LogP contribution is 2.29. The standard InChI is InChI=1S/C14H9ClF3N3/c15-13-10(5-9-3-1-2-4-12(9)20-13)7-21-8-11(6-19-21)14(16,17)18/h1-6,8H,7H2. The Balaban J connectivity index is 1.94. The molecular weight excluding hydrogens is 303 g/mol. The maximum Gasteiger partial charge on any atom is 0.419 e. The molecule has 0 N–H and O–H groups in total. The molecule has 0 aliphatic carbocycles. The van der Waals surface area contributed by atoms with E-state index in [1.54, 1.807) is 6.07 Å². The van der Waals surface area contributed by atoms with Gasteiger partial charge in [-0.1, -0.05) is 29.8 Å². The lowest BCUT2D eigenvalue weighted by molar-refractivity contribution is -0.137. The SMILES string of the molecule is FC(F)(F)c1cnn(Cc2cc3ccccc3nc2Cl)c1. The molecule has 0 bridgehead atoms. The molecule has 0 radical (unpaired) electrons. The molecular formula is C14H9ClF3N3. The summed E-state index contributed by atoms with van der Waals surface area (Å²) in [6, 6.07) is 9.19. The van der Waals surface area contributed by atoms with E-state index in [2.05, 4.69) is 10.1 Å². The molecule has 3 aromatic rings. The Bertz CT molecular complexity index is 796. The molecule has 0 unspecified atom stereocenters. The molecule has 21 heavy (non-hydrogen) atoms. The van der Waals surface area contributed by atoms with Gasteiger partial charge in [0.05, 0.1) is 23.8 Å². The minimum Gasteiger partial charge on any atom is -0.268 e. The fourth-order valence-corrected chi connectivity index (χ4v) is 2.22. The molecule has 0 aliphatic heterocycles. The van der Waals surface area contributed by atoms with Crippen molar-refractivity contribution >= 4 is 22.5 Å². The summed E-state index contributed by atoms with van der Waals surface area (Å²) in [5, 5.41) is 4.85. The van der Waals surface area contributed by atoms with Gasteiger partial charge in [0.2, 0.25) is 0 Å². The number of rotatable bonds is 2. The van der Waals surface area contributed by atoms with Crippen LogP contribution < -0.4 is 0 Å². The molecule has 7 heteroatoms. The van der Waals surface area contributed by atoms with Gasteiger partial charge in [0.1, 0.15) is 5.15 Å². The van der Waals surface area contributed by atoms with E-state index < -0.39 is 11.7 Å². The number of fused-ring (bicyclic) bond motifs is 1. The molecule has 0 saturated carbocycles. The Morgan fingerprint density at radius 2 is 1.95 bits per heavy atom. The van der Waals surface area contributed by atoms with Crippen molar-refractivity contribution in [1.82, 2.24) is 14.8 Å². The van der Waals surface area contributed by atoms with Gasteiger partial charge in [0, 0.05) is 17.1 Å². The minimum absolute atomic E-state index is 0.132. The highest BCUT2D eigenvalue weighted by Gasteiger charge is 2.32. The monoisotopic (exact) mass is 311 g/mol. The second kappa shape index (κ2) is 5.04. The van der Waals surface area contributed by atoms with E-state index in [1.807, 2.05) is 24.3 Å². The van der Waals surface area contributed by atoms with Crippen molar-refractivity contribution in [2.24, 2.45) is 0 Å². The first-order chi connectivity index (χ1) is 9.93. The number of benzene rings is 1. The van der Waals surface area contributed by atoms with Crippen molar-refractivity contribution in [2.75, 3.05) is 0 Å². The quantitative estimate of drug-likeness (QED) is 0.666. The second-order valence-corrected chi connectivity index (χ2v) is 4.91. The van der Waals surface area contributed by atoms with Crippen molar-refractivity contribution in [3.8, 4) is 0 Å². The molecule has 0 amide bonds. The zero-order valence-corrected chi connectivity index (χ0v) is 11.4. The summed E-state index contributed by atoms with van der Waals surface area (Å²) >= 11 is 6.08. The summed E-state index contributed by atoms with van der Waals surface area (Å²) in [4.78, 5) is 4.23. The number of halogens is 4. The number of hydrogen-bond donors (Lipinski definition) is 0. The van der Waals surface area contributed by atoms with Crippen LogP contribution in [-0.4, -0.2) is 14.8 Å². The van der Waals surface area contributed by atoms with Gasteiger partial charge in [0.15, 0.2) is 0 Å². The third kappa shape index (κ3) is 2.85. The van der Waals surface area contributed by atoms with E-state index in [0.717, 1.165) is 23.3 Å². The average molecular weight is 312 g/mol.